The summed E-state index contributed by atoms with van der Waals surface area (Å²) in [4.78, 5) is 8.88. The van der Waals surface area contributed by atoms with Gasteiger partial charge in [0.25, 0.3) is 0 Å². The van der Waals surface area contributed by atoms with Crippen LogP contribution in [0.5, 0.6) is 0 Å². The molecule has 5 nitrogen and oxygen atoms in total. The largest absolute Gasteiger partial charge is 0.378 e. The Labute approximate surface area is 130 Å². The maximum absolute atomic E-state index is 6.17. The first-order valence-corrected chi connectivity index (χ1v) is 7.26. The number of halogens is 2. The normalized spacial score (nSPS) is 11.0. The van der Waals surface area contributed by atoms with Crippen LogP contribution in [0.25, 0.3) is 11.4 Å². The average molecular weight is 393 g/mol. The van der Waals surface area contributed by atoms with Crippen LogP contribution >= 0.6 is 34.2 Å². The van der Waals surface area contributed by atoms with Gasteiger partial charge in [-0.3, -0.25) is 4.68 Å². The summed E-state index contributed by atoms with van der Waals surface area (Å²) in [5, 5.41) is 4.84. The molecule has 0 fully saturated rings. The van der Waals surface area contributed by atoms with Gasteiger partial charge in [0.1, 0.15) is 5.15 Å². The number of rotatable bonds is 4. The Hall–Kier alpha value is -0.730. The fraction of sp³-hybridized carbons (Fsp3) is 0.417. The van der Waals surface area contributed by atoms with E-state index in [2.05, 4.69) is 44.6 Å². The Bertz CT molecular complexity index is 600. The summed E-state index contributed by atoms with van der Waals surface area (Å²) in [7, 11) is 3.51. The Balaban J connectivity index is 2.55. The molecule has 2 aromatic heterocycles. The summed E-state index contributed by atoms with van der Waals surface area (Å²) in [6.07, 6.45) is 2.73. The highest BCUT2D eigenvalue weighted by atomic mass is 127. The Kier molecular flexibility index (Phi) is 4.75. The molecule has 0 saturated carbocycles. The van der Waals surface area contributed by atoms with E-state index in [0.717, 1.165) is 26.9 Å². The van der Waals surface area contributed by atoms with E-state index in [4.69, 9.17) is 16.3 Å². The Morgan fingerprint density at radius 1 is 1.37 bits per heavy atom. The van der Waals surface area contributed by atoms with Crippen molar-refractivity contribution in [3.05, 3.63) is 26.3 Å². The smallest absolute Gasteiger partial charge is 0.164 e. The van der Waals surface area contributed by atoms with Crippen molar-refractivity contribution in [3.63, 3.8) is 0 Å². The van der Waals surface area contributed by atoms with Gasteiger partial charge < -0.3 is 4.74 Å². The SMILES string of the molecule is CCc1nn(C)cc1-c1nc(Cl)c(I)c(COC)n1. The zero-order valence-electron chi connectivity index (χ0n) is 10.9. The van der Waals surface area contributed by atoms with Gasteiger partial charge in [0, 0.05) is 20.4 Å². The standard InChI is InChI=1S/C12H14ClIN4O/c1-4-8-7(5-18(2)17-8)12-15-9(6-19-3)10(14)11(13)16-12/h5H,4,6H2,1-3H3. The monoisotopic (exact) mass is 392 g/mol. The third-order valence-electron chi connectivity index (χ3n) is 2.64. The van der Waals surface area contributed by atoms with Crippen molar-refractivity contribution < 1.29 is 4.74 Å². The molecule has 7 heteroatoms. The number of nitrogens with zero attached hydrogens (tertiary/aromatic N) is 4. The topological polar surface area (TPSA) is 52.8 Å². The molecule has 2 rings (SSSR count). The lowest BCUT2D eigenvalue weighted by Crippen LogP contribution is -2.02. The maximum Gasteiger partial charge on any atom is 0.164 e. The third-order valence-corrected chi connectivity index (χ3v) is 4.37. The van der Waals surface area contributed by atoms with Crippen LogP contribution in [0.4, 0.5) is 0 Å². The molecule has 2 heterocycles. The van der Waals surface area contributed by atoms with Gasteiger partial charge in [-0.25, -0.2) is 9.97 Å². The highest BCUT2D eigenvalue weighted by Crippen LogP contribution is 2.26. The van der Waals surface area contributed by atoms with Gasteiger partial charge in [-0.05, 0) is 29.0 Å². The molecule has 0 saturated heterocycles. The first kappa shape index (κ1) is 14.7. The van der Waals surface area contributed by atoms with Crippen molar-refractivity contribution in [2.45, 2.75) is 20.0 Å². The van der Waals surface area contributed by atoms with E-state index in [1.807, 2.05) is 13.2 Å². The van der Waals surface area contributed by atoms with Crippen LogP contribution in [0.15, 0.2) is 6.20 Å². The first-order chi connectivity index (χ1) is 9.06. The van der Waals surface area contributed by atoms with E-state index in [-0.39, 0.29) is 0 Å². The molecule has 0 bridgehead atoms. The maximum atomic E-state index is 6.17. The van der Waals surface area contributed by atoms with Gasteiger partial charge in [-0.2, -0.15) is 5.10 Å². The van der Waals surface area contributed by atoms with E-state index >= 15 is 0 Å². The van der Waals surface area contributed by atoms with Crippen molar-refractivity contribution in [2.24, 2.45) is 7.05 Å². The number of ether oxygens (including phenoxy) is 1. The number of methoxy groups -OCH3 is 1. The second-order valence-corrected chi connectivity index (χ2v) is 5.49. The number of aromatic nitrogens is 4. The van der Waals surface area contributed by atoms with Gasteiger partial charge in [-0.15, -0.1) is 0 Å². The highest BCUT2D eigenvalue weighted by molar-refractivity contribution is 14.1. The number of hydrogen-bond acceptors (Lipinski definition) is 4. The third kappa shape index (κ3) is 3.06. The first-order valence-electron chi connectivity index (χ1n) is 5.80. The minimum Gasteiger partial charge on any atom is -0.378 e. The van der Waals surface area contributed by atoms with Crippen molar-refractivity contribution >= 4 is 34.2 Å². The highest BCUT2D eigenvalue weighted by Gasteiger charge is 2.16. The van der Waals surface area contributed by atoms with Crippen LogP contribution in [-0.4, -0.2) is 26.9 Å². The average Bonchev–Trinajstić information content (AvgIpc) is 2.76. The summed E-state index contributed by atoms with van der Waals surface area (Å²) in [5.41, 5.74) is 2.67. The molecule has 0 atom stereocenters. The molecule has 0 aliphatic rings. The lowest BCUT2D eigenvalue weighted by molar-refractivity contribution is 0.181. The summed E-state index contributed by atoms with van der Waals surface area (Å²) in [6.45, 7) is 2.46. The van der Waals surface area contributed by atoms with Gasteiger partial charge in [0.05, 0.1) is 27.1 Å². The Morgan fingerprint density at radius 2 is 2.11 bits per heavy atom. The zero-order valence-corrected chi connectivity index (χ0v) is 13.9. The van der Waals surface area contributed by atoms with Crippen LogP contribution in [0.1, 0.15) is 18.3 Å². The van der Waals surface area contributed by atoms with E-state index in [1.165, 1.54) is 0 Å². The minimum atomic E-state index is 0.412. The summed E-state index contributed by atoms with van der Waals surface area (Å²) in [6, 6.07) is 0. The second-order valence-electron chi connectivity index (χ2n) is 4.05. The zero-order chi connectivity index (χ0) is 14.0. The fourth-order valence-corrected chi connectivity index (χ4v) is 2.38. The molecule has 0 aliphatic heterocycles. The molecular weight excluding hydrogens is 379 g/mol. The Morgan fingerprint density at radius 3 is 2.74 bits per heavy atom. The second kappa shape index (κ2) is 6.15. The van der Waals surface area contributed by atoms with Crippen LogP contribution in [0, 0.1) is 3.57 Å². The molecule has 2 aromatic rings. The van der Waals surface area contributed by atoms with Crippen molar-refractivity contribution in [1.82, 2.24) is 19.7 Å². The van der Waals surface area contributed by atoms with Crippen LogP contribution in [0.2, 0.25) is 5.15 Å². The van der Waals surface area contributed by atoms with Gasteiger partial charge >= 0.3 is 0 Å². The van der Waals surface area contributed by atoms with Crippen molar-refractivity contribution in [1.29, 1.82) is 0 Å². The molecule has 0 aliphatic carbocycles. The number of aryl methyl sites for hydroxylation is 2. The van der Waals surface area contributed by atoms with E-state index in [0.29, 0.717) is 17.6 Å². The lowest BCUT2D eigenvalue weighted by atomic mass is 10.2. The van der Waals surface area contributed by atoms with Gasteiger partial charge in [0.15, 0.2) is 5.82 Å². The molecule has 102 valence electrons. The van der Waals surface area contributed by atoms with Crippen molar-refractivity contribution in [2.75, 3.05) is 7.11 Å². The molecule has 0 N–H and O–H groups in total. The van der Waals surface area contributed by atoms with Crippen LogP contribution in [-0.2, 0) is 24.8 Å². The summed E-state index contributed by atoms with van der Waals surface area (Å²) < 4.78 is 7.73. The van der Waals surface area contributed by atoms with Gasteiger partial charge in [0.2, 0.25) is 0 Å². The molecule has 0 unspecified atom stereocenters. The predicted octanol–water partition coefficient (Wildman–Crippen LogP) is 2.84. The summed E-state index contributed by atoms with van der Waals surface area (Å²) >= 11 is 8.30. The fourth-order valence-electron chi connectivity index (χ4n) is 1.80. The molecule has 0 amide bonds. The molecule has 0 radical (unpaired) electrons. The summed E-state index contributed by atoms with van der Waals surface area (Å²) in [5.74, 6) is 0.599. The molecule has 19 heavy (non-hydrogen) atoms. The van der Waals surface area contributed by atoms with Crippen LogP contribution < -0.4 is 0 Å². The van der Waals surface area contributed by atoms with E-state index in [1.54, 1.807) is 11.8 Å². The minimum absolute atomic E-state index is 0.412. The number of hydrogen-bond donors (Lipinski definition) is 0. The van der Waals surface area contributed by atoms with Crippen molar-refractivity contribution in [3.8, 4) is 11.4 Å². The quantitative estimate of drug-likeness (QED) is 0.593. The van der Waals surface area contributed by atoms with Gasteiger partial charge in [-0.1, -0.05) is 18.5 Å². The molecule has 0 aromatic carbocycles. The predicted molar refractivity (Wildman–Crippen MR) is 82.1 cm³/mol. The molecular formula is C12H14ClIN4O. The van der Waals surface area contributed by atoms with E-state index < -0.39 is 0 Å². The molecule has 0 spiro atoms. The lowest BCUT2D eigenvalue weighted by Gasteiger charge is -2.07. The van der Waals surface area contributed by atoms with Crippen LogP contribution in [0.3, 0.4) is 0 Å². The van der Waals surface area contributed by atoms with E-state index in [9.17, 15) is 0 Å².